The maximum Gasteiger partial charge on any atom is 0.252 e. The second-order valence-electron chi connectivity index (χ2n) is 6.50. The number of benzene rings is 2. The third kappa shape index (κ3) is 4.96. The molecule has 2 aromatic carbocycles. The summed E-state index contributed by atoms with van der Waals surface area (Å²) in [5.74, 6) is -0.678. The number of hydrogen-bond acceptors (Lipinski definition) is 8. The van der Waals surface area contributed by atoms with Crippen LogP contribution in [0.3, 0.4) is 0 Å². The van der Waals surface area contributed by atoms with Gasteiger partial charge < -0.3 is 43.0 Å². The molecule has 0 bridgehead atoms. The van der Waals surface area contributed by atoms with E-state index >= 15 is 0 Å². The van der Waals surface area contributed by atoms with Crippen molar-refractivity contribution in [3.63, 3.8) is 0 Å². The van der Waals surface area contributed by atoms with E-state index in [1.54, 1.807) is 24.3 Å². The van der Waals surface area contributed by atoms with Crippen molar-refractivity contribution in [1.82, 2.24) is 0 Å². The van der Waals surface area contributed by atoms with Gasteiger partial charge in [-0.15, -0.1) is 0 Å². The molecule has 0 unspecified atom stereocenters. The molecule has 162 valence electrons. The molecule has 2 aromatic rings. The lowest BCUT2D eigenvalue weighted by Crippen LogP contribution is -2.15. The molecule has 10 N–H and O–H groups in total. The quantitative estimate of drug-likeness (QED) is 0.234. The maximum atomic E-state index is 11.4. The van der Waals surface area contributed by atoms with Gasteiger partial charge in [-0.05, 0) is 37.1 Å². The molecule has 30 heavy (non-hydrogen) atoms. The summed E-state index contributed by atoms with van der Waals surface area (Å²) in [5, 5.41) is 6.44. The Morgan fingerprint density at radius 3 is 1.43 bits per heavy atom. The third-order valence-corrected chi connectivity index (χ3v) is 4.57. The Morgan fingerprint density at radius 2 is 1.13 bits per heavy atom. The van der Waals surface area contributed by atoms with Crippen molar-refractivity contribution in [2.45, 2.75) is 12.8 Å². The number of carbonyl (C=O) groups excluding carboxylic acids is 2. The van der Waals surface area contributed by atoms with Crippen LogP contribution in [0.4, 0.5) is 22.7 Å². The van der Waals surface area contributed by atoms with Crippen LogP contribution in [0.1, 0.15) is 33.6 Å². The van der Waals surface area contributed by atoms with Crippen LogP contribution in [0, 0.1) is 0 Å². The Balaban J connectivity index is 1.87. The van der Waals surface area contributed by atoms with Crippen LogP contribution in [0.15, 0.2) is 24.3 Å². The van der Waals surface area contributed by atoms with Crippen LogP contribution < -0.4 is 43.0 Å². The van der Waals surface area contributed by atoms with E-state index in [2.05, 4.69) is 10.6 Å². The predicted octanol–water partition coefficient (Wildman–Crippen LogP) is 1.37. The Bertz CT molecular complexity index is 856. The van der Waals surface area contributed by atoms with Gasteiger partial charge in [-0.2, -0.15) is 0 Å². The van der Waals surface area contributed by atoms with E-state index in [4.69, 9.17) is 32.4 Å². The van der Waals surface area contributed by atoms with Crippen molar-refractivity contribution in [1.29, 1.82) is 0 Å². The molecule has 10 nitrogen and oxygen atoms in total. The SMILES string of the molecule is COc1c(C(N)=O)ccc(NCCCCNc2ccc(C(N)=O)c(OC)c2N)c1N. The molecule has 0 fully saturated rings. The summed E-state index contributed by atoms with van der Waals surface area (Å²) in [7, 11) is 2.87. The summed E-state index contributed by atoms with van der Waals surface area (Å²) in [6.45, 7) is 1.31. The number of hydrogen-bond donors (Lipinski definition) is 6. The molecule has 0 saturated carbocycles. The molecule has 0 aliphatic carbocycles. The van der Waals surface area contributed by atoms with Gasteiger partial charge in [0.2, 0.25) is 0 Å². The Morgan fingerprint density at radius 1 is 0.767 bits per heavy atom. The van der Waals surface area contributed by atoms with Crippen molar-refractivity contribution in [2.75, 3.05) is 49.4 Å². The summed E-state index contributed by atoms with van der Waals surface area (Å²) >= 11 is 0. The standard InChI is InChI=1S/C20H28N6O4/c1-29-17-11(19(23)27)5-7-13(15(17)21)25-9-3-4-10-26-14-8-6-12(20(24)28)18(30-2)16(14)22/h5-8,25-26H,3-4,9-10,21-22H2,1-2H3,(H2,23,27)(H2,24,28). The van der Waals surface area contributed by atoms with Gasteiger partial charge in [0, 0.05) is 13.1 Å². The van der Waals surface area contributed by atoms with Crippen LogP contribution in [0.2, 0.25) is 0 Å². The highest BCUT2D eigenvalue weighted by molar-refractivity contribution is 6.00. The smallest absolute Gasteiger partial charge is 0.252 e. The van der Waals surface area contributed by atoms with Gasteiger partial charge in [0.15, 0.2) is 11.5 Å². The Hall–Kier alpha value is -3.82. The average molecular weight is 416 g/mol. The van der Waals surface area contributed by atoms with Gasteiger partial charge in [0.25, 0.3) is 11.8 Å². The van der Waals surface area contributed by atoms with Gasteiger partial charge in [-0.1, -0.05) is 0 Å². The number of nitrogens with one attached hydrogen (secondary N) is 2. The van der Waals surface area contributed by atoms with Crippen LogP contribution in [-0.4, -0.2) is 39.1 Å². The van der Waals surface area contributed by atoms with E-state index in [-0.39, 0.29) is 22.6 Å². The number of rotatable bonds is 11. The second-order valence-corrected chi connectivity index (χ2v) is 6.50. The summed E-state index contributed by atoms with van der Waals surface area (Å²) in [5.41, 5.74) is 25.2. The zero-order chi connectivity index (χ0) is 22.3. The average Bonchev–Trinajstić information content (AvgIpc) is 2.71. The largest absolute Gasteiger partial charge is 0.494 e. The zero-order valence-corrected chi connectivity index (χ0v) is 17.1. The summed E-state index contributed by atoms with van der Waals surface area (Å²) in [4.78, 5) is 22.9. The molecule has 0 aliphatic rings. The monoisotopic (exact) mass is 416 g/mol. The lowest BCUT2D eigenvalue weighted by Gasteiger charge is -2.16. The summed E-state index contributed by atoms with van der Waals surface area (Å²) < 4.78 is 10.4. The first kappa shape index (κ1) is 22.5. The third-order valence-electron chi connectivity index (χ3n) is 4.57. The molecule has 0 atom stereocenters. The van der Waals surface area contributed by atoms with E-state index < -0.39 is 11.8 Å². The highest BCUT2D eigenvalue weighted by Gasteiger charge is 2.16. The number of carbonyl (C=O) groups is 2. The van der Waals surface area contributed by atoms with E-state index in [0.717, 1.165) is 12.8 Å². The highest BCUT2D eigenvalue weighted by Crippen LogP contribution is 2.34. The molecule has 0 aliphatic heterocycles. The minimum atomic E-state index is -0.601. The number of primary amides is 2. The van der Waals surface area contributed by atoms with Crippen molar-refractivity contribution in [3.05, 3.63) is 35.4 Å². The normalized spacial score (nSPS) is 10.3. The fraction of sp³-hybridized carbons (Fsp3) is 0.300. The van der Waals surface area contributed by atoms with Crippen LogP contribution in [0.5, 0.6) is 11.5 Å². The lowest BCUT2D eigenvalue weighted by atomic mass is 10.1. The molecule has 0 heterocycles. The number of methoxy groups -OCH3 is 2. The minimum absolute atomic E-state index is 0.236. The van der Waals surface area contributed by atoms with Crippen molar-refractivity contribution >= 4 is 34.6 Å². The molecule has 2 amide bonds. The lowest BCUT2D eigenvalue weighted by molar-refractivity contribution is 0.0989. The molecule has 10 heteroatoms. The Labute approximate surface area is 174 Å². The first-order valence-corrected chi connectivity index (χ1v) is 9.32. The number of nitrogens with two attached hydrogens (primary N) is 4. The first-order valence-electron chi connectivity index (χ1n) is 9.32. The van der Waals surface area contributed by atoms with E-state index in [1.807, 2.05) is 0 Å². The number of nitrogen functional groups attached to an aromatic ring is 2. The molecule has 0 aromatic heterocycles. The predicted molar refractivity (Wildman–Crippen MR) is 118 cm³/mol. The van der Waals surface area contributed by atoms with Crippen molar-refractivity contribution < 1.29 is 19.1 Å². The highest BCUT2D eigenvalue weighted by atomic mass is 16.5. The number of unbranched alkanes of at least 4 members (excludes halogenated alkanes) is 1. The number of amides is 2. The summed E-state index contributed by atoms with van der Waals surface area (Å²) in [6, 6.07) is 6.55. The van der Waals surface area contributed by atoms with Gasteiger partial charge in [-0.3, -0.25) is 9.59 Å². The molecular formula is C20H28N6O4. The van der Waals surface area contributed by atoms with Crippen molar-refractivity contribution in [2.24, 2.45) is 11.5 Å². The van der Waals surface area contributed by atoms with E-state index in [9.17, 15) is 9.59 Å². The fourth-order valence-corrected chi connectivity index (χ4v) is 3.03. The van der Waals surface area contributed by atoms with Gasteiger partial charge in [-0.25, -0.2) is 0 Å². The topological polar surface area (TPSA) is 181 Å². The van der Waals surface area contributed by atoms with Gasteiger partial charge >= 0.3 is 0 Å². The molecule has 0 saturated heterocycles. The fourth-order valence-electron chi connectivity index (χ4n) is 3.03. The number of anilines is 4. The van der Waals surface area contributed by atoms with E-state index in [1.165, 1.54) is 14.2 Å². The minimum Gasteiger partial charge on any atom is -0.494 e. The Kier molecular flexibility index (Phi) is 7.56. The molecular weight excluding hydrogens is 388 g/mol. The van der Waals surface area contributed by atoms with Gasteiger partial charge in [0.1, 0.15) is 0 Å². The molecule has 0 spiro atoms. The first-order chi connectivity index (χ1) is 14.3. The van der Waals surface area contributed by atoms with Crippen molar-refractivity contribution in [3.8, 4) is 11.5 Å². The van der Waals surface area contributed by atoms with E-state index in [0.29, 0.717) is 35.8 Å². The van der Waals surface area contributed by atoms with Crippen LogP contribution in [-0.2, 0) is 0 Å². The van der Waals surface area contributed by atoms with Crippen LogP contribution in [0.25, 0.3) is 0 Å². The number of ether oxygens (including phenoxy) is 2. The molecule has 0 radical (unpaired) electrons. The maximum absolute atomic E-state index is 11.4. The van der Waals surface area contributed by atoms with Gasteiger partial charge in [0.05, 0.1) is 48.1 Å². The zero-order valence-electron chi connectivity index (χ0n) is 17.1. The van der Waals surface area contributed by atoms with Crippen LogP contribution >= 0.6 is 0 Å². The second kappa shape index (κ2) is 10.1. The molecule has 2 rings (SSSR count). The summed E-state index contributed by atoms with van der Waals surface area (Å²) in [6.07, 6.45) is 1.67.